The molecule has 0 aliphatic heterocycles. The second kappa shape index (κ2) is 3.21. The van der Waals surface area contributed by atoms with Crippen molar-refractivity contribution in [1.29, 1.82) is 0 Å². The summed E-state index contributed by atoms with van der Waals surface area (Å²) in [6, 6.07) is 0. The number of carbonyl (C=O) groups excluding carboxylic acids is 1. The molecule has 0 saturated heterocycles. The Morgan fingerprint density at radius 3 is 2.00 bits per heavy atom. The van der Waals surface area contributed by atoms with Gasteiger partial charge in [0.05, 0.1) is 6.42 Å². The highest BCUT2D eigenvalue weighted by atomic mass is 19.4. The number of hydrogen-bond donors (Lipinski definition) is 1. The lowest BCUT2D eigenvalue weighted by Gasteiger charge is -2.03. The molecule has 0 aliphatic rings. The van der Waals surface area contributed by atoms with E-state index in [2.05, 4.69) is 0 Å². The van der Waals surface area contributed by atoms with Gasteiger partial charge in [-0.15, -0.1) is 0 Å². The molecule has 6 heteroatoms. The molecule has 0 aromatic carbocycles. The maximum absolute atomic E-state index is 11.5. The Labute approximate surface area is 59.1 Å². The van der Waals surface area contributed by atoms with Crippen LogP contribution in [0.4, 0.5) is 13.2 Å². The Balaban J connectivity index is 4.47. The molecular formula is C5H3F3O3. The molecule has 0 aromatic rings. The fourth-order valence-corrected chi connectivity index (χ4v) is 0.345. The van der Waals surface area contributed by atoms with Gasteiger partial charge < -0.3 is 5.11 Å². The number of carboxylic acids is 1. The molecule has 0 atom stereocenters. The zero-order valence-corrected chi connectivity index (χ0v) is 5.10. The van der Waals surface area contributed by atoms with Crippen molar-refractivity contribution in [3.63, 3.8) is 0 Å². The van der Waals surface area contributed by atoms with E-state index in [0.717, 1.165) is 0 Å². The van der Waals surface area contributed by atoms with Crippen molar-refractivity contribution >= 4 is 11.9 Å². The number of alkyl halides is 3. The second-order valence-corrected chi connectivity index (χ2v) is 1.65. The van der Waals surface area contributed by atoms with Gasteiger partial charge in [0.15, 0.2) is 0 Å². The number of halogens is 3. The van der Waals surface area contributed by atoms with Gasteiger partial charge in [-0.3, -0.25) is 4.79 Å². The van der Waals surface area contributed by atoms with Crippen molar-refractivity contribution in [2.45, 2.75) is 12.6 Å². The van der Waals surface area contributed by atoms with Gasteiger partial charge in [0, 0.05) is 0 Å². The highest BCUT2D eigenvalue weighted by Crippen LogP contribution is 2.25. The molecule has 0 aromatic heterocycles. The minimum Gasteiger partial charge on any atom is -0.481 e. The number of carbonyl (C=O) groups is 1. The fourth-order valence-electron chi connectivity index (χ4n) is 0.345. The van der Waals surface area contributed by atoms with Gasteiger partial charge in [-0.1, -0.05) is 0 Å². The molecule has 0 amide bonds. The number of aliphatic carboxylic acids is 1. The first kappa shape index (κ1) is 9.71. The molecule has 0 aliphatic carbocycles. The van der Waals surface area contributed by atoms with E-state index in [9.17, 15) is 22.8 Å². The van der Waals surface area contributed by atoms with E-state index in [1.165, 1.54) is 0 Å². The van der Waals surface area contributed by atoms with Gasteiger partial charge in [0.2, 0.25) is 0 Å². The molecule has 1 N–H and O–H groups in total. The van der Waals surface area contributed by atoms with Crippen LogP contribution in [-0.2, 0) is 9.59 Å². The zero-order chi connectivity index (χ0) is 9.07. The van der Waals surface area contributed by atoms with Crippen molar-refractivity contribution in [1.82, 2.24) is 0 Å². The average molecular weight is 168 g/mol. The molecule has 0 saturated carbocycles. The normalized spacial score (nSPS) is 10.5. The maximum atomic E-state index is 11.5. The average Bonchev–Trinajstić information content (AvgIpc) is 1.79. The van der Waals surface area contributed by atoms with Crippen LogP contribution in [0.25, 0.3) is 0 Å². The van der Waals surface area contributed by atoms with Crippen LogP contribution in [0, 0.1) is 0 Å². The van der Waals surface area contributed by atoms with Crippen LogP contribution in [0.2, 0.25) is 0 Å². The monoisotopic (exact) mass is 168 g/mol. The van der Waals surface area contributed by atoms with Gasteiger partial charge in [-0.25, -0.2) is 4.79 Å². The van der Waals surface area contributed by atoms with Crippen LogP contribution < -0.4 is 0 Å². The van der Waals surface area contributed by atoms with E-state index in [1.54, 1.807) is 0 Å². The third-order valence-corrected chi connectivity index (χ3v) is 0.793. The summed E-state index contributed by atoms with van der Waals surface area (Å²) in [6.07, 6.45) is -6.23. The van der Waals surface area contributed by atoms with Gasteiger partial charge >= 0.3 is 12.1 Å². The molecule has 0 unspecified atom stereocenters. The van der Waals surface area contributed by atoms with Crippen molar-refractivity contribution in [2.75, 3.05) is 0 Å². The van der Waals surface area contributed by atoms with Crippen molar-refractivity contribution in [2.24, 2.45) is 0 Å². The van der Waals surface area contributed by atoms with Gasteiger partial charge in [0.25, 0.3) is 0 Å². The van der Waals surface area contributed by atoms with E-state index in [4.69, 9.17) is 5.11 Å². The molecule has 0 rings (SSSR count). The van der Waals surface area contributed by atoms with Crippen molar-refractivity contribution in [3.05, 3.63) is 5.57 Å². The summed E-state index contributed by atoms with van der Waals surface area (Å²) >= 11 is 0. The van der Waals surface area contributed by atoms with Crippen LogP contribution in [-0.4, -0.2) is 23.2 Å². The first-order chi connectivity index (χ1) is 4.88. The predicted molar refractivity (Wildman–Crippen MR) is 27.5 cm³/mol. The van der Waals surface area contributed by atoms with Crippen LogP contribution in [0.5, 0.6) is 0 Å². The summed E-state index contributed by atoms with van der Waals surface area (Å²) in [4.78, 5) is 19.3. The summed E-state index contributed by atoms with van der Waals surface area (Å²) in [7, 11) is 0. The largest absolute Gasteiger partial charge is 0.481 e. The molecule has 0 fully saturated rings. The topological polar surface area (TPSA) is 54.4 Å². The highest BCUT2D eigenvalue weighted by molar-refractivity contribution is 5.74. The lowest BCUT2D eigenvalue weighted by atomic mass is 10.2. The summed E-state index contributed by atoms with van der Waals surface area (Å²) < 4.78 is 34.6. The van der Waals surface area contributed by atoms with Crippen molar-refractivity contribution in [3.8, 4) is 0 Å². The van der Waals surface area contributed by atoms with E-state index in [0.29, 0.717) is 5.94 Å². The smallest absolute Gasteiger partial charge is 0.423 e. The molecular weight excluding hydrogens is 165 g/mol. The lowest BCUT2D eigenvalue weighted by molar-refractivity contribution is -0.139. The first-order valence-electron chi connectivity index (χ1n) is 2.41. The summed E-state index contributed by atoms with van der Waals surface area (Å²) in [5.41, 5.74) is -1.70. The Kier molecular flexibility index (Phi) is 2.83. The SMILES string of the molecule is O=C=C(CC(=O)O)C(F)(F)F. The Bertz CT molecular complexity index is 212. The predicted octanol–water partition coefficient (Wildman–Crippen LogP) is 0.781. The molecule has 0 heterocycles. The Morgan fingerprint density at radius 1 is 1.45 bits per heavy atom. The van der Waals surface area contributed by atoms with Crippen LogP contribution in [0.1, 0.15) is 6.42 Å². The molecule has 3 nitrogen and oxygen atoms in total. The third-order valence-electron chi connectivity index (χ3n) is 0.793. The minimum absolute atomic E-state index is 0.534. The molecule has 0 radical (unpaired) electrons. The maximum Gasteiger partial charge on any atom is 0.423 e. The molecule has 62 valence electrons. The van der Waals surface area contributed by atoms with Gasteiger partial charge in [-0.2, -0.15) is 13.2 Å². The molecule has 0 spiro atoms. The lowest BCUT2D eigenvalue weighted by Crippen LogP contribution is -2.15. The van der Waals surface area contributed by atoms with E-state index >= 15 is 0 Å². The van der Waals surface area contributed by atoms with Crippen molar-refractivity contribution < 1.29 is 27.9 Å². The highest BCUT2D eigenvalue weighted by Gasteiger charge is 2.36. The van der Waals surface area contributed by atoms with Gasteiger partial charge in [0.1, 0.15) is 11.5 Å². The number of rotatable bonds is 2. The third kappa shape index (κ3) is 3.42. The van der Waals surface area contributed by atoms with Crippen LogP contribution >= 0.6 is 0 Å². The fraction of sp³-hybridized carbons (Fsp3) is 0.400. The number of hydrogen-bond acceptors (Lipinski definition) is 2. The second-order valence-electron chi connectivity index (χ2n) is 1.65. The van der Waals surface area contributed by atoms with Gasteiger partial charge in [-0.05, 0) is 0 Å². The summed E-state index contributed by atoms with van der Waals surface area (Å²) in [6.45, 7) is 0. The van der Waals surface area contributed by atoms with Crippen LogP contribution in [0.3, 0.4) is 0 Å². The summed E-state index contributed by atoms with van der Waals surface area (Å²) in [5.74, 6) is -1.17. The molecule has 11 heavy (non-hydrogen) atoms. The van der Waals surface area contributed by atoms with E-state index in [-0.39, 0.29) is 0 Å². The Morgan fingerprint density at radius 2 is 1.91 bits per heavy atom. The standard InChI is InChI=1S/C5H3F3O3/c6-5(7,8)3(2-9)1-4(10)11/h1H2,(H,10,11). The minimum atomic E-state index is -4.89. The van der Waals surface area contributed by atoms with E-state index < -0.39 is 24.1 Å². The van der Waals surface area contributed by atoms with E-state index in [1.807, 2.05) is 0 Å². The zero-order valence-electron chi connectivity index (χ0n) is 5.10. The summed E-state index contributed by atoms with van der Waals surface area (Å²) in [5, 5.41) is 7.88. The Hall–Kier alpha value is -1.29. The van der Waals surface area contributed by atoms with Crippen LogP contribution in [0.15, 0.2) is 5.57 Å². The first-order valence-corrected chi connectivity index (χ1v) is 2.41. The molecule has 0 bridgehead atoms. The number of carboxylic acid groups (broad SMARTS) is 1. The quantitative estimate of drug-likeness (QED) is 0.620.